The van der Waals surface area contributed by atoms with E-state index < -0.39 is 0 Å². The summed E-state index contributed by atoms with van der Waals surface area (Å²) in [5.74, 6) is -0.0226. The molecule has 1 N–H and O–H groups in total. The standard InChI is InChI=1S/C14H23N5O2/c1-17-10-13-11-18(8-9-21-13)12-14(20)19(6-2-4-15)7-3-5-16/h13,17H,2-3,6-12H2,1H3. The lowest BCUT2D eigenvalue weighted by Gasteiger charge is -2.33. The zero-order valence-corrected chi connectivity index (χ0v) is 12.5. The molecule has 1 aliphatic heterocycles. The average molecular weight is 293 g/mol. The van der Waals surface area contributed by atoms with Gasteiger partial charge in [-0.05, 0) is 7.05 Å². The smallest absolute Gasteiger partial charge is 0.236 e. The number of likely N-dealkylation sites (N-methyl/N-ethyl adjacent to an activating group) is 1. The maximum atomic E-state index is 12.3. The summed E-state index contributed by atoms with van der Waals surface area (Å²) in [6.07, 6.45) is 0.689. The molecule has 0 aromatic heterocycles. The van der Waals surface area contributed by atoms with Gasteiger partial charge in [0.05, 0.1) is 44.2 Å². The fourth-order valence-electron chi connectivity index (χ4n) is 2.30. The van der Waals surface area contributed by atoms with Crippen LogP contribution in [-0.2, 0) is 9.53 Å². The first-order valence-corrected chi connectivity index (χ1v) is 7.21. The van der Waals surface area contributed by atoms with E-state index in [4.69, 9.17) is 15.3 Å². The molecule has 0 radical (unpaired) electrons. The highest BCUT2D eigenvalue weighted by molar-refractivity contribution is 5.78. The number of nitriles is 2. The van der Waals surface area contributed by atoms with Crippen LogP contribution in [0.2, 0.25) is 0 Å². The van der Waals surface area contributed by atoms with Crippen molar-refractivity contribution < 1.29 is 9.53 Å². The summed E-state index contributed by atoms with van der Waals surface area (Å²) in [5.41, 5.74) is 0. The molecule has 1 heterocycles. The van der Waals surface area contributed by atoms with Gasteiger partial charge in [0.2, 0.25) is 5.91 Å². The molecule has 0 bridgehead atoms. The van der Waals surface area contributed by atoms with Gasteiger partial charge in [-0.2, -0.15) is 10.5 Å². The SMILES string of the molecule is CNCC1CN(CC(=O)N(CCC#N)CCC#N)CCO1. The fraction of sp³-hybridized carbons (Fsp3) is 0.786. The van der Waals surface area contributed by atoms with Crippen LogP contribution in [-0.4, -0.2) is 74.7 Å². The van der Waals surface area contributed by atoms with Gasteiger partial charge in [-0.15, -0.1) is 0 Å². The highest BCUT2D eigenvalue weighted by atomic mass is 16.5. The summed E-state index contributed by atoms with van der Waals surface area (Å²) in [5, 5.41) is 20.4. The molecule has 1 unspecified atom stereocenters. The van der Waals surface area contributed by atoms with E-state index in [0.717, 1.165) is 19.6 Å². The summed E-state index contributed by atoms with van der Waals surface area (Å²) in [6, 6.07) is 4.08. The number of morpholine rings is 1. The number of ether oxygens (including phenoxy) is 1. The minimum Gasteiger partial charge on any atom is -0.374 e. The number of nitrogens with one attached hydrogen (secondary N) is 1. The van der Waals surface area contributed by atoms with E-state index in [9.17, 15) is 4.79 Å². The Morgan fingerprint density at radius 1 is 1.38 bits per heavy atom. The van der Waals surface area contributed by atoms with Crippen molar-refractivity contribution in [3.05, 3.63) is 0 Å². The second kappa shape index (κ2) is 10.1. The summed E-state index contributed by atoms with van der Waals surface area (Å²) >= 11 is 0. The van der Waals surface area contributed by atoms with Gasteiger partial charge >= 0.3 is 0 Å². The molecule has 0 spiro atoms. The number of carbonyl (C=O) groups excluding carboxylic acids is 1. The van der Waals surface area contributed by atoms with Gasteiger partial charge in [0.1, 0.15) is 0 Å². The van der Waals surface area contributed by atoms with Crippen molar-refractivity contribution in [3.8, 4) is 12.1 Å². The first kappa shape index (κ1) is 17.4. The van der Waals surface area contributed by atoms with Gasteiger partial charge in [0.25, 0.3) is 0 Å². The highest BCUT2D eigenvalue weighted by Crippen LogP contribution is 2.06. The molecule has 1 saturated heterocycles. The number of rotatable bonds is 8. The first-order valence-electron chi connectivity index (χ1n) is 7.21. The Balaban J connectivity index is 2.47. The topological polar surface area (TPSA) is 92.4 Å². The molecule has 7 nitrogen and oxygen atoms in total. The zero-order valence-electron chi connectivity index (χ0n) is 12.5. The Labute approximate surface area is 126 Å². The maximum absolute atomic E-state index is 12.3. The van der Waals surface area contributed by atoms with Crippen LogP contribution < -0.4 is 5.32 Å². The molecule has 1 aliphatic rings. The molecule has 21 heavy (non-hydrogen) atoms. The van der Waals surface area contributed by atoms with E-state index in [1.165, 1.54) is 0 Å². The molecular weight excluding hydrogens is 270 g/mol. The molecular formula is C14H23N5O2. The third-order valence-electron chi connectivity index (χ3n) is 3.35. The highest BCUT2D eigenvalue weighted by Gasteiger charge is 2.23. The Bertz CT molecular complexity index is 381. The summed E-state index contributed by atoms with van der Waals surface area (Å²) in [6.45, 7) is 3.93. The van der Waals surface area contributed by atoms with Gasteiger partial charge in [-0.3, -0.25) is 9.69 Å². The second-order valence-electron chi connectivity index (χ2n) is 4.98. The van der Waals surface area contributed by atoms with E-state index in [0.29, 0.717) is 39.1 Å². The van der Waals surface area contributed by atoms with E-state index in [-0.39, 0.29) is 12.0 Å². The van der Waals surface area contributed by atoms with Crippen molar-refractivity contribution in [1.82, 2.24) is 15.1 Å². The molecule has 0 aromatic rings. The Kier molecular flexibility index (Phi) is 8.37. The van der Waals surface area contributed by atoms with Crippen LogP contribution in [0.1, 0.15) is 12.8 Å². The molecule has 0 aromatic carbocycles. The summed E-state index contributed by atoms with van der Waals surface area (Å²) in [4.78, 5) is 16.0. The average Bonchev–Trinajstić information content (AvgIpc) is 2.48. The lowest BCUT2D eigenvalue weighted by atomic mass is 10.2. The van der Waals surface area contributed by atoms with Gasteiger partial charge in [0, 0.05) is 32.7 Å². The molecule has 1 amide bonds. The third-order valence-corrected chi connectivity index (χ3v) is 3.35. The molecule has 0 saturated carbocycles. The quantitative estimate of drug-likeness (QED) is 0.652. The number of nitrogens with zero attached hydrogens (tertiary/aromatic N) is 4. The lowest BCUT2D eigenvalue weighted by molar-refractivity contribution is -0.134. The van der Waals surface area contributed by atoms with E-state index in [2.05, 4.69) is 10.2 Å². The van der Waals surface area contributed by atoms with Crippen LogP contribution >= 0.6 is 0 Å². The summed E-state index contributed by atoms with van der Waals surface area (Å²) in [7, 11) is 1.87. The molecule has 1 atom stereocenters. The zero-order chi connectivity index (χ0) is 15.5. The van der Waals surface area contributed by atoms with E-state index >= 15 is 0 Å². The first-order chi connectivity index (χ1) is 10.2. The fourth-order valence-corrected chi connectivity index (χ4v) is 2.30. The lowest BCUT2D eigenvalue weighted by Crippen LogP contribution is -2.50. The van der Waals surface area contributed by atoms with Gasteiger partial charge in [-0.1, -0.05) is 0 Å². The molecule has 7 heteroatoms. The maximum Gasteiger partial charge on any atom is 0.236 e. The van der Waals surface area contributed by atoms with E-state index in [1.807, 2.05) is 19.2 Å². The van der Waals surface area contributed by atoms with Crippen molar-refractivity contribution >= 4 is 5.91 Å². The Hall–Kier alpha value is -1.67. The Morgan fingerprint density at radius 3 is 2.62 bits per heavy atom. The second-order valence-corrected chi connectivity index (χ2v) is 4.98. The van der Waals surface area contributed by atoms with Crippen LogP contribution in [0.3, 0.4) is 0 Å². The molecule has 116 valence electrons. The van der Waals surface area contributed by atoms with Gasteiger partial charge in [-0.25, -0.2) is 0 Å². The number of carbonyl (C=O) groups is 1. The van der Waals surface area contributed by atoms with Crippen LogP contribution in [0.5, 0.6) is 0 Å². The van der Waals surface area contributed by atoms with Crippen molar-refractivity contribution in [2.24, 2.45) is 0 Å². The monoisotopic (exact) mass is 293 g/mol. The van der Waals surface area contributed by atoms with Crippen molar-refractivity contribution in [2.75, 3.05) is 52.9 Å². The van der Waals surface area contributed by atoms with E-state index in [1.54, 1.807) is 4.90 Å². The molecule has 1 rings (SSSR count). The van der Waals surface area contributed by atoms with Crippen LogP contribution in [0.15, 0.2) is 0 Å². The van der Waals surface area contributed by atoms with Crippen LogP contribution in [0.25, 0.3) is 0 Å². The normalized spacial score (nSPS) is 18.7. The minimum atomic E-state index is -0.0226. The van der Waals surface area contributed by atoms with Gasteiger partial charge < -0.3 is 15.0 Å². The third kappa shape index (κ3) is 6.54. The number of amides is 1. The molecule has 0 aliphatic carbocycles. The van der Waals surface area contributed by atoms with Crippen molar-refractivity contribution in [3.63, 3.8) is 0 Å². The van der Waals surface area contributed by atoms with Crippen molar-refractivity contribution in [1.29, 1.82) is 10.5 Å². The number of hydrogen-bond donors (Lipinski definition) is 1. The Morgan fingerprint density at radius 2 is 2.05 bits per heavy atom. The summed E-state index contributed by atoms with van der Waals surface area (Å²) < 4.78 is 5.61. The minimum absolute atomic E-state index is 0.0226. The van der Waals surface area contributed by atoms with Crippen LogP contribution in [0, 0.1) is 22.7 Å². The van der Waals surface area contributed by atoms with Crippen LogP contribution in [0.4, 0.5) is 0 Å². The predicted molar refractivity (Wildman–Crippen MR) is 77.1 cm³/mol. The number of hydrogen-bond acceptors (Lipinski definition) is 6. The largest absolute Gasteiger partial charge is 0.374 e. The molecule has 1 fully saturated rings. The van der Waals surface area contributed by atoms with Crippen molar-refractivity contribution in [2.45, 2.75) is 18.9 Å². The van der Waals surface area contributed by atoms with Gasteiger partial charge in [0.15, 0.2) is 0 Å². The predicted octanol–water partition coefficient (Wildman–Crippen LogP) is -0.437.